The molecule has 1 aromatic carbocycles. The maximum atomic E-state index is 12.6. The van der Waals surface area contributed by atoms with Gasteiger partial charge >= 0.3 is 0 Å². The molecule has 0 heterocycles. The molecule has 0 aromatic heterocycles. The average molecular weight is 181 g/mol. The Balaban J connectivity index is 2.55. The molecular weight excluding hydrogens is 165 g/mol. The molecule has 1 N–H and O–H groups in total. The number of rotatable bonds is 4. The minimum Gasteiger partial charge on any atom is -0.316 e. The predicted octanol–water partition coefficient (Wildman–Crippen LogP) is 2.54. The SMILES string of the molecule is CCNCC(C)c1ccc(F)cc1. The first-order valence-electron chi connectivity index (χ1n) is 4.70. The van der Waals surface area contributed by atoms with Crippen molar-refractivity contribution in [3.05, 3.63) is 35.6 Å². The van der Waals surface area contributed by atoms with Crippen LogP contribution in [0.15, 0.2) is 24.3 Å². The fraction of sp³-hybridized carbons (Fsp3) is 0.455. The maximum Gasteiger partial charge on any atom is 0.123 e. The average Bonchev–Trinajstić information content (AvgIpc) is 2.15. The van der Waals surface area contributed by atoms with Crippen molar-refractivity contribution in [2.45, 2.75) is 19.8 Å². The van der Waals surface area contributed by atoms with Crippen LogP contribution in [0.2, 0.25) is 0 Å². The number of halogens is 1. The monoisotopic (exact) mass is 181 g/mol. The first-order chi connectivity index (χ1) is 6.24. The van der Waals surface area contributed by atoms with Crippen LogP contribution in [0.5, 0.6) is 0 Å². The largest absolute Gasteiger partial charge is 0.316 e. The number of nitrogens with one attached hydrogen (secondary N) is 1. The van der Waals surface area contributed by atoms with Crippen LogP contribution >= 0.6 is 0 Å². The Morgan fingerprint density at radius 2 is 1.92 bits per heavy atom. The third-order valence-corrected chi connectivity index (χ3v) is 2.14. The zero-order valence-corrected chi connectivity index (χ0v) is 8.18. The lowest BCUT2D eigenvalue weighted by molar-refractivity contribution is 0.617. The Hall–Kier alpha value is -0.890. The molecule has 1 aromatic rings. The molecule has 1 atom stereocenters. The molecule has 0 amide bonds. The van der Waals surface area contributed by atoms with Crippen molar-refractivity contribution in [3.63, 3.8) is 0 Å². The highest BCUT2D eigenvalue weighted by molar-refractivity contribution is 5.19. The molecule has 72 valence electrons. The molecule has 0 aliphatic rings. The van der Waals surface area contributed by atoms with Gasteiger partial charge in [-0.15, -0.1) is 0 Å². The van der Waals surface area contributed by atoms with E-state index in [9.17, 15) is 4.39 Å². The molecule has 0 aliphatic carbocycles. The van der Waals surface area contributed by atoms with E-state index >= 15 is 0 Å². The summed E-state index contributed by atoms with van der Waals surface area (Å²) >= 11 is 0. The van der Waals surface area contributed by atoms with E-state index in [0.717, 1.165) is 13.1 Å². The maximum absolute atomic E-state index is 12.6. The Morgan fingerprint density at radius 3 is 2.46 bits per heavy atom. The van der Waals surface area contributed by atoms with E-state index in [4.69, 9.17) is 0 Å². The van der Waals surface area contributed by atoms with Gasteiger partial charge in [-0.3, -0.25) is 0 Å². The molecule has 0 aliphatic heterocycles. The fourth-order valence-electron chi connectivity index (χ4n) is 1.27. The Bertz CT molecular complexity index is 243. The first-order valence-corrected chi connectivity index (χ1v) is 4.70. The Labute approximate surface area is 79.0 Å². The quantitative estimate of drug-likeness (QED) is 0.752. The van der Waals surface area contributed by atoms with Gasteiger partial charge in [0.05, 0.1) is 0 Å². The smallest absolute Gasteiger partial charge is 0.123 e. The molecule has 13 heavy (non-hydrogen) atoms. The normalized spacial score (nSPS) is 12.8. The molecule has 0 spiro atoms. The van der Waals surface area contributed by atoms with Gasteiger partial charge < -0.3 is 5.32 Å². The molecule has 1 unspecified atom stereocenters. The molecule has 0 radical (unpaired) electrons. The van der Waals surface area contributed by atoms with Crippen LogP contribution in [0.25, 0.3) is 0 Å². The lowest BCUT2D eigenvalue weighted by Gasteiger charge is -2.11. The van der Waals surface area contributed by atoms with E-state index in [2.05, 4.69) is 19.2 Å². The van der Waals surface area contributed by atoms with Crippen molar-refractivity contribution >= 4 is 0 Å². The summed E-state index contributed by atoms with van der Waals surface area (Å²) in [7, 11) is 0. The minimum absolute atomic E-state index is 0.167. The van der Waals surface area contributed by atoms with Crippen molar-refractivity contribution in [2.75, 3.05) is 13.1 Å². The van der Waals surface area contributed by atoms with Gasteiger partial charge in [-0.1, -0.05) is 26.0 Å². The zero-order chi connectivity index (χ0) is 9.68. The summed E-state index contributed by atoms with van der Waals surface area (Å²) in [6.07, 6.45) is 0. The van der Waals surface area contributed by atoms with Gasteiger partial charge in [0.1, 0.15) is 5.82 Å². The third-order valence-electron chi connectivity index (χ3n) is 2.14. The number of likely N-dealkylation sites (N-methyl/N-ethyl adjacent to an activating group) is 1. The second kappa shape index (κ2) is 4.97. The predicted molar refractivity (Wildman–Crippen MR) is 53.4 cm³/mol. The van der Waals surface area contributed by atoms with Gasteiger partial charge in [-0.2, -0.15) is 0 Å². The molecule has 0 saturated heterocycles. The van der Waals surface area contributed by atoms with E-state index in [-0.39, 0.29) is 5.82 Å². The van der Waals surface area contributed by atoms with Crippen LogP contribution in [0.3, 0.4) is 0 Å². The highest BCUT2D eigenvalue weighted by Crippen LogP contribution is 2.14. The van der Waals surface area contributed by atoms with Crippen molar-refractivity contribution in [3.8, 4) is 0 Å². The van der Waals surface area contributed by atoms with Crippen LogP contribution in [-0.2, 0) is 0 Å². The van der Waals surface area contributed by atoms with Crippen LogP contribution in [0.1, 0.15) is 25.3 Å². The Kier molecular flexibility index (Phi) is 3.90. The van der Waals surface area contributed by atoms with E-state index < -0.39 is 0 Å². The third kappa shape index (κ3) is 3.15. The van der Waals surface area contributed by atoms with E-state index in [1.54, 1.807) is 0 Å². The van der Waals surface area contributed by atoms with E-state index in [1.165, 1.54) is 17.7 Å². The summed E-state index contributed by atoms with van der Waals surface area (Å²) in [6.45, 7) is 6.14. The van der Waals surface area contributed by atoms with Crippen LogP contribution in [0.4, 0.5) is 4.39 Å². The van der Waals surface area contributed by atoms with E-state index in [1.807, 2.05) is 12.1 Å². The highest BCUT2D eigenvalue weighted by Gasteiger charge is 2.03. The van der Waals surface area contributed by atoms with Gasteiger partial charge in [-0.05, 0) is 30.2 Å². The van der Waals surface area contributed by atoms with Gasteiger partial charge in [0.15, 0.2) is 0 Å². The van der Waals surface area contributed by atoms with Crippen LogP contribution in [0, 0.1) is 5.82 Å². The topological polar surface area (TPSA) is 12.0 Å². The summed E-state index contributed by atoms with van der Waals surface area (Å²) in [5.41, 5.74) is 1.18. The lowest BCUT2D eigenvalue weighted by Crippen LogP contribution is -2.19. The second-order valence-corrected chi connectivity index (χ2v) is 3.26. The Morgan fingerprint density at radius 1 is 1.31 bits per heavy atom. The molecular formula is C11H16FN. The van der Waals surface area contributed by atoms with E-state index in [0.29, 0.717) is 5.92 Å². The van der Waals surface area contributed by atoms with Gasteiger partial charge in [0.2, 0.25) is 0 Å². The van der Waals surface area contributed by atoms with Crippen molar-refractivity contribution in [1.82, 2.24) is 5.32 Å². The molecule has 2 heteroatoms. The van der Waals surface area contributed by atoms with Crippen molar-refractivity contribution in [2.24, 2.45) is 0 Å². The summed E-state index contributed by atoms with van der Waals surface area (Å²) < 4.78 is 12.6. The first kappa shape index (κ1) is 10.2. The number of hydrogen-bond acceptors (Lipinski definition) is 1. The molecule has 0 bridgehead atoms. The van der Waals surface area contributed by atoms with Crippen molar-refractivity contribution in [1.29, 1.82) is 0 Å². The fourth-order valence-corrected chi connectivity index (χ4v) is 1.27. The highest BCUT2D eigenvalue weighted by atomic mass is 19.1. The zero-order valence-electron chi connectivity index (χ0n) is 8.18. The van der Waals surface area contributed by atoms with Gasteiger partial charge in [0.25, 0.3) is 0 Å². The molecule has 0 saturated carbocycles. The summed E-state index contributed by atoms with van der Waals surface area (Å²) in [6, 6.07) is 6.71. The number of benzene rings is 1. The molecule has 1 rings (SSSR count). The van der Waals surface area contributed by atoms with Crippen molar-refractivity contribution < 1.29 is 4.39 Å². The second-order valence-electron chi connectivity index (χ2n) is 3.26. The summed E-state index contributed by atoms with van der Waals surface area (Å²) in [5.74, 6) is 0.278. The summed E-state index contributed by atoms with van der Waals surface area (Å²) in [4.78, 5) is 0. The van der Waals surface area contributed by atoms with Gasteiger partial charge in [0, 0.05) is 6.54 Å². The minimum atomic E-state index is -0.167. The number of hydrogen-bond donors (Lipinski definition) is 1. The lowest BCUT2D eigenvalue weighted by atomic mass is 10.0. The van der Waals surface area contributed by atoms with Crippen LogP contribution in [-0.4, -0.2) is 13.1 Å². The standard InChI is InChI=1S/C11H16FN/c1-3-13-8-9(2)10-4-6-11(12)7-5-10/h4-7,9,13H,3,8H2,1-2H3. The molecule has 1 nitrogen and oxygen atoms in total. The van der Waals surface area contributed by atoms with Gasteiger partial charge in [-0.25, -0.2) is 4.39 Å². The van der Waals surface area contributed by atoms with Crippen LogP contribution < -0.4 is 5.32 Å². The molecule has 0 fully saturated rings. The summed E-state index contributed by atoms with van der Waals surface area (Å²) in [5, 5.41) is 3.27.